The van der Waals surface area contributed by atoms with E-state index in [0.29, 0.717) is 11.3 Å². The van der Waals surface area contributed by atoms with Gasteiger partial charge in [0.05, 0.1) is 23.4 Å². The average Bonchev–Trinajstić information content (AvgIpc) is 3.14. The molecule has 1 aromatic heterocycles. The number of halogens is 3. The number of alkyl halides is 3. The van der Waals surface area contributed by atoms with E-state index in [0.717, 1.165) is 0 Å². The quantitative estimate of drug-likeness (QED) is 0.318. The molecule has 172 valence electrons. The van der Waals surface area contributed by atoms with Crippen LogP contribution in [-0.4, -0.2) is 62.8 Å². The number of aromatic carboxylic acids is 1. The van der Waals surface area contributed by atoms with E-state index in [9.17, 15) is 32.9 Å². The van der Waals surface area contributed by atoms with Crippen molar-refractivity contribution >= 4 is 19.0 Å². The van der Waals surface area contributed by atoms with Crippen molar-refractivity contribution in [2.24, 2.45) is 0 Å². The van der Waals surface area contributed by atoms with Crippen molar-refractivity contribution in [1.82, 2.24) is 25.6 Å². The van der Waals surface area contributed by atoms with Crippen molar-refractivity contribution in [3.8, 4) is 5.75 Å². The molecule has 0 saturated heterocycles. The minimum absolute atomic E-state index is 0.0527. The van der Waals surface area contributed by atoms with E-state index in [1.165, 1.54) is 16.9 Å². The molecule has 1 atom stereocenters. The summed E-state index contributed by atoms with van der Waals surface area (Å²) in [6.45, 7) is 0.168. The maximum Gasteiger partial charge on any atom is 0.547 e. The normalized spacial score (nSPS) is 15.8. The number of carboxylic acid groups (broad SMARTS) is 1. The molecule has 32 heavy (non-hydrogen) atoms. The summed E-state index contributed by atoms with van der Waals surface area (Å²) in [6.07, 6.45) is -3.45. The van der Waals surface area contributed by atoms with Crippen molar-refractivity contribution < 1.29 is 37.5 Å². The van der Waals surface area contributed by atoms with Crippen LogP contribution in [0.25, 0.3) is 0 Å². The summed E-state index contributed by atoms with van der Waals surface area (Å²) in [5, 5.41) is 32.5. The Labute approximate surface area is 180 Å². The molecule has 2 heterocycles. The van der Waals surface area contributed by atoms with E-state index in [4.69, 9.17) is 4.65 Å². The van der Waals surface area contributed by atoms with Crippen LogP contribution in [0.4, 0.5) is 13.2 Å². The maximum absolute atomic E-state index is 12.3. The molecule has 1 unspecified atom stereocenters. The molecular weight excluding hydrogens is 434 g/mol. The van der Waals surface area contributed by atoms with Gasteiger partial charge in [-0.3, -0.25) is 4.79 Å². The van der Waals surface area contributed by atoms with Gasteiger partial charge in [0.15, 0.2) is 0 Å². The molecule has 1 aliphatic rings. The first-order chi connectivity index (χ1) is 15.1. The van der Waals surface area contributed by atoms with Gasteiger partial charge in [0.2, 0.25) is 5.91 Å². The van der Waals surface area contributed by atoms with Crippen molar-refractivity contribution in [2.45, 2.75) is 44.5 Å². The largest absolute Gasteiger partial charge is 0.547 e. The van der Waals surface area contributed by atoms with Crippen LogP contribution in [0.2, 0.25) is 0 Å². The van der Waals surface area contributed by atoms with Crippen molar-refractivity contribution in [3.05, 3.63) is 41.2 Å². The molecular formula is C18H21BF3N5O5. The number of benzene rings is 1. The second kappa shape index (κ2) is 10.00. The number of amides is 1. The van der Waals surface area contributed by atoms with Crippen LogP contribution in [0.5, 0.6) is 5.75 Å². The van der Waals surface area contributed by atoms with Gasteiger partial charge < -0.3 is 25.4 Å². The van der Waals surface area contributed by atoms with Gasteiger partial charge in [0, 0.05) is 13.0 Å². The van der Waals surface area contributed by atoms with Crippen molar-refractivity contribution in [1.29, 1.82) is 0 Å². The summed E-state index contributed by atoms with van der Waals surface area (Å²) >= 11 is 0. The SMILES string of the molecule is O=C(Cn1cc(CNCCCC(F)(F)F)nn1)NC1Cc2cccc(C(=O)O)c2OB1O. The Morgan fingerprint density at radius 2 is 2.12 bits per heavy atom. The molecule has 0 aliphatic carbocycles. The molecule has 0 fully saturated rings. The Morgan fingerprint density at radius 3 is 2.84 bits per heavy atom. The summed E-state index contributed by atoms with van der Waals surface area (Å²) in [5.74, 6) is -2.39. The molecule has 0 bridgehead atoms. The number of hydrogen-bond donors (Lipinski definition) is 4. The minimum Gasteiger partial charge on any atom is -0.534 e. The van der Waals surface area contributed by atoms with Gasteiger partial charge in [-0.2, -0.15) is 13.2 Å². The summed E-state index contributed by atoms with van der Waals surface area (Å²) in [5.41, 5.74) is 0.926. The average molecular weight is 455 g/mol. The van der Waals surface area contributed by atoms with Crippen LogP contribution in [0.15, 0.2) is 24.4 Å². The van der Waals surface area contributed by atoms with E-state index in [2.05, 4.69) is 20.9 Å². The first kappa shape index (κ1) is 23.5. The lowest BCUT2D eigenvalue weighted by Crippen LogP contribution is -2.53. The third-order valence-electron chi connectivity index (χ3n) is 4.71. The van der Waals surface area contributed by atoms with Crippen LogP contribution in [0.3, 0.4) is 0 Å². The molecule has 3 rings (SSSR count). The van der Waals surface area contributed by atoms with E-state index in [1.807, 2.05) is 0 Å². The number of aromatic nitrogens is 3. The monoisotopic (exact) mass is 455 g/mol. The lowest BCUT2D eigenvalue weighted by Gasteiger charge is -2.28. The highest BCUT2D eigenvalue weighted by molar-refractivity contribution is 6.47. The number of fused-ring (bicyclic) bond motifs is 1. The molecule has 4 N–H and O–H groups in total. The van der Waals surface area contributed by atoms with Crippen LogP contribution in [-0.2, 0) is 24.3 Å². The number of nitrogens with one attached hydrogen (secondary N) is 2. The van der Waals surface area contributed by atoms with Crippen LogP contribution in [0, 0.1) is 0 Å². The van der Waals surface area contributed by atoms with Crippen LogP contribution in [0.1, 0.15) is 34.5 Å². The molecule has 10 nitrogen and oxygen atoms in total. The first-order valence-electron chi connectivity index (χ1n) is 9.78. The summed E-state index contributed by atoms with van der Waals surface area (Å²) in [7, 11) is -1.43. The molecule has 2 aromatic rings. The van der Waals surface area contributed by atoms with E-state index < -0.39 is 37.5 Å². The van der Waals surface area contributed by atoms with Crippen molar-refractivity contribution in [2.75, 3.05) is 6.54 Å². The van der Waals surface area contributed by atoms with Crippen molar-refractivity contribution in [3.63, 3.8) is 0 Å². The molecule has 1 aromatic carbocycles. The van der Waals surface area contributed by atoms with E-state index >= 15 is 0 Å². The van der Waals surface area contributed by atoms with Gasteiger partial charge in [-0.1, -0.05) is 17.3 Å². The van der Waals surface area contributed by atoms with Crippen LogP contribution < -0.4 is 15.3 Å². The Morgan fingerprint density at radius 1 is 1.34 bits per heavy atom. The standard InChI is InChI=1S/C18H21BF3N5O5/c20-18(21,22)5-2-6-23-8-12-9-27(26-25-12)10-15(28)24-14-7-11-3-1-4-13(17(29)30)16(11)32-19(14)31/h1,3-4,9,14,23,31H,2,5-8,10H2,(H,24,28)(H,29,30). The lowest BCUT2D eigenvalue weighted by molar-refractivity contribution is -0.135. The van der Waals surface area contributed by atoms with Gasteiger partial charge >= 0.3 is 19.3 Å². The summed E-state index contributed by atoms with van der Waals surface area (Å²) in [6, 6.07) is 4.56. The number of carbonyl (C=O) groups is 2. The van der Waals surface area contributed by atoms with Gasteiger partial charge in [-0.15, -0.1) is 5.10 Å². The predicted octanol–water partition coefficient (Wildman–Crippen LogP) is 0.548. The van der Waals surface area contributed by atoms with Gasteiger partial charge in [-0.25, -0.2) is 9.48 Å². The number of nitrogens with zero attached hydrogens (tertiary/aromatic N) is 3. The minimum atomic E-state index is -4.18. The topological polar surface area (TPSA) is 139 Å². The van der Waals surface area contributed by atoms with E-state index in [-0.39, 0.29) is 43.8 Å². The number of hydrogen-bond acceptors (Lipinski definition) is 7. The van der Waals surface area contributed by atoms with Gasteiger partial charge in [-0.05, 0) is 31.0 Å². The van der Waals surface area contributed by atoms with Gasteiger partial charge in [0.1, 0.15) is 12.3 Å². The molecule has 0 spiro atoms. The second-order valence-electron chi connectivity index (χ2n) is 7.29. The lowest BCUT2D eigenvalue weighted by atomic mass is 9.72. The van der Waals surface area contributed by atoms with Crippen LogP contribution >= 0.6 is 0 Å². The highest BCUT2D eigenvalue weighted by atomic mass is 19.4. The third-order valence-corrected chi connectivity index (χ3v) is 4.71. The summed E-state index contributed by atoms with van der Waals surface area (Å²) < 4.78 is 42.9. The Balaban J connectivity index is 1.48. The predicted molar refractivity (Wildman–Crippen MR) is 105 cm³/mol. The number of carbonyl (C=O) groups excluding carboxylic acids is 1. The zero-order valence-corrected chi connectivity index (χ0v) is 16.8. The Hall–Kier alpha value is -3.13. The molecule has 14 heteroatoms. The summed E-state index contributed by atoms with van der Waals surface area (Å²) in [4.78, 5) is 23.6. The second-order valence-corrected chi connectivity index (χ2v) is 7.29. The number of para-hydroxylation sites is 1. The highest BCUT2D eigenvalue weighted by Crippen LogP contribution is 2.30. The molecule has 0 radical (unpaired) electrons. The molecule has 0 saturated carbocycles. The molecule has 1 amide bonds. The smallest absolute Gasteiger partial charge is 0.534 e. The highest BCUT2D eigenvalue weighted by Gasteiger charge is 2.37. The number of rotatable bonds is 9. The maximum atomic E-state index is 12.3. The third kappa shape index (κ3) is 6.44. The van der Waals surface area contributed by atoms with E-state index in [1.54, 1.807) is 12.1 Å². The fourth-order valence-corrected chi connectivity index (χ4v) is 3.24. The fraction of sp³-hybridized carbons (Fsp3) is 0.444. The zero-order valence-electron chi connectivity index (χ0n) is 16.8. The fourth-order valence-electron chi connectivity index (χ4n) is 3.24. The Kier molecular flexibility index (Phi) is 7.35. The molecule has 1 aliphatic heterocycles. The van der Waals surface area contributed by atoms with Gasteiger partial charge in [0.25, 0.3) is 0 Å². The number of carboxylic acids is 1. The first-order valence-corrected chi connectivity index (χ1v) is 9.78. The zero-order chi connectivity index (χ0) is 23.3. The Bertz CT molecular complexity index is 971.